The number of rotatable bonds is 8. The highest BCUT2D eigenvalue weighted by Gasteiger charge is 2.19. The van der Waals surface area contributed by atoms with Crippen molar-refractivity contribution in [3.05, 3.63) is 47.8 Å². The van der Waals surface area contributed by atoms with Gasteiger partial charge in [0.15, 0.2) is 0 Å². The Labute approximate surface area is 138 Å². The van der Waals surface area contributed by atoms with Crippen LogP contribution in [0, 0.1) is 6.92 Å². The quantitative estimate of drug-likeness (QED) is 0.741. The molecule has 0 atom stereocenters. The minimum atomic E-state index is -3.51. The molecule has 6 nitrogen and oxygen atoms in total. The smallest absolute Gasteiger partial charge is 0.243 e. The van der Waals surface area contributed by atoms with Crippen LogP contribution in [0.3, 0.4) is 0 Å². The van der Waals surface area contributed by atoms with E-state index >= 15 is 0 Å². The summed E-state index contributed by atoms with van der Waals surface area (Å²) in [5.41, 5.74) is 1.60. The molecule has 2 rings (SSSR count). The minimum absolute atomic E-state index is 0.248. The molecule has 2 aromatic rings. The van der Waals surface area contributed by atoms with Gasteiger partial charge in [-0.2, -0.15) is 5.10 Å². The van der Waals surface area contributed by atoms with Gasteiger partial charge in [0.25, 0.3) is 0 Å². The predicted octanol–water partition coefficient (Wildman–Crippen LogP) is 1.47. The first-order valence-electron chi connectivity index (χ1n) is 7.61. The molecule has 23 heavy (non-hydrogen) atoms. The summed E-state index contributed by atoms with van der Waals surface area (Å²) in [6.07, 6.45) is 2.36. The van der Waals surface area contributed by atoms with Gasteiger partial charge in [0, 0.05) is 12.7 Å². The topological polar surface area (TPSA) is 67.2 Å². The largest absolute Gasteiger partial charge is 0.309 e. The molecule has 0 unspecified atom stereocenters. The van der Waals surface area contributed by atoms with Gasteiger partial charge < -0.3 is 4.90 Å². The van der Waals surface area contributed by atoms with Gasteiger partial charge in [-0.25, -0.2) is 13.1 Å². The second-order valence-corrected chi connectivity index (χ2v) is 7.55. The summed E-state index contributed by atoms with van der Waals surface area (Å²) in [5, 5.41) is 4.32. The fraction of sp³-hybridized carbons (Fsp3) is 0.438. The van der Waals surface area contributed by atoms with Gasteiger partial charge in [0.05, 0.1) is 12.2 Å². The first-order chi connectivity index (χ1) is 10.9. The standard InChI is InChI=1S/C16H24N4O2S/c1-14-16(23(21,22)17-10-7-11-19(2)3)13-20(18-14)12-15-8-5-4-6-9-15/h4-6,8-9,13,17H,7,10-12H2,1-3H3. The van der Waals surface area contributed by atoms with Crippen LogP contribution in [0.5, 0.6) is 0 Å². The summed E-state index contributed by atoms with van der Waals surface area (Å²) < 4.78 is 29.1. The van der Waals surface area contributed by atoms with Crippen molar-refractivity contribution in [3.8, 4) is 0 Å². The van der Waals surface area contributed by atoms with E-state index in [2.05, 4.69) is 9.82 Å². The van der Waals surface area contributed by atoms with Crippen molar-refractivity contribution in [2.24, 2.45) is 0 Å². The van der Waals surface area contributed by atoms with Crippen molar-refractivity contribution in [2.75, 3.05) is 27.2 Å². The monoisotopic (exact) mass is 336 g/mol. The van der Waals surface area contributed by atoms with E-state index in [-0.39, 0.29) is 4.90 Å². The number of sulfonamides is 1. The average molecular weight is 336 g/mol. The maximum atomic E-state index is 12.4. The Morgan fingerprint density at radius 2 is 1.91 bits per heavy atom. The normalized spacial score (nSPS) is 12.0. The number of benzene rings is 1. The van der Waals surface area contributed by atoms with Gasteiger partial charge in [-0.15, -0.1) is 0 Å². The molecular formula is C16H24N4O2S. The number of aromatic nitrogens is 2. The molecule has 0 fully saturated rings. The highest BCUT2D eigenvalue weighted by molar-refractivity contribution is 7.89. The molecule has 0 saturated heterocycles. The Morgan fingerprint density at radius 3 is 2.57 bits per heavy atom. The Bertz CT molecular complexity index is 724. The molecule has 126 valence electrons. The number of aryl methyl sites for hydroxylation is 1. The van der Waals surface area contributed by atoms with E-state index in [0.717, 1.165) is 18.5 Å². The summed E-state index contributed by atoms with van der Waals surface area (Å²) in [6.45, 7) is 3.53. The summed E-state index contributed by atoms with van der Waals surface area (Å²) in [6, 6.07) is 9.84. The molecule has 0 radical (unpaired) electrons. The lowest BCUT2D eigenvalue weighted by molar-refractivity contribution is 0.400. The molecule has 0 spiro atoms. The van der Waals surface area contributed by atoms with Crippen molar-refractivity contribution in [2.45, 2.75) is 24.8 Å². The first-order valence-corrected chi connectivity index (χ1v) is 9.09. The molecule has 0 amide bonds. The summed E-state index contributed by atoms with van der Waals surface area (Å²) >= 11 is 0. The second kappa shape index (κ2) is 7.72. The highest BCUT2D eigenvalue weighted by Crippen LogP contribution is 2.14. The number of nitrogens with one attached hydrogen (secondary N) is 1. The van der Waals surface area contributed by atoms with Crippen molar-refractivity contribution in [1.29, 1.82) is 0 Å². The van der Waals surface area contributed by atoms with Crippen LogP contribution in [0.2, 0.25) is 0 Å². The molecule has 0 bridgehead atoms. The third kappa shape index (κ3) is 5.16. The van der Waals surface area contributed by atoms with Crippen LogP contribution >= 0.6 is 0 Å². The molecule has 0 aliphatic heterocycles. The van der Waals surface area contributed by atoms with Gasteiger partial charge in [-0.1, -0.05) is 30.3 Å². The van der Waals surface area contributed by atoms with E-state index in [4.69, 9.17) is 0 Å². The van der Waals surface area contributed by atoms with Crippen molar-refractivity contribution in [1.82, 2.24) is 19.4 Å². The second-order valence-electron chi connectivity index (χ2n) is 5.82. The summed E-state index contributed by atoms with van der Waals surface area (Å²) in [5.74, 6) is 0. The average Bonchev–Trinajstić information content (AvgIpc) is 2.86. The predicted molar refractivity (Wildman–Crippen MR) is 90.9 cm³/mol. The van der Waals surface area contributed by atoms with Crippen LogP contribution in [0.15, 0.2) is 41.4 Å². The zero-order chi connectivity index (χ0) is 16.9. The maximum absolute atomic E-state index is 12.4. The van der Waals surface area contributed by atoms with Crippen LogP contribution in [0.1, 0.15) is 17.7 Å². The third-order valence-electron chi connectivity index (χ3n) is 3.45. The lowest BCUT2D eigenvalue weighted by Crippen LogP contribution is -2.27. The van der Waals surface area contributed by atoms with Gasteiger partial charge in [0.1, 0.15) is 4.90 Å². The van der Waals surface area contributed by atoms with E-state index in [1.165, 1.54) is 0 Å². The van der Waals surface area contributed by atoms with Crippen molar-refractivity contribution >= 4 is 10.0 Å². The fourth-order valence-electron chi connectivity index (χ4n) is 2.29. The Balaban J connectivity index is 2.04. The van der Waals surface area contributed by atoms with Crippen molar-refractivity contribution < 1.29 is 8.42 Å². The van der Waals surface area contributed by atoms with E-state index < -0.39 is 10.0 Å². The number of nitrogens with zero attached hydrogens (tertiary/aromatic N) is 3. The van der Waals surface area contributed by atoms with E-state index in [9.17, 15) is 8.42 Å². The Morgan fingerprint density at radius 1 is 1.22 bits per heavy atom. The molecule has 0 aliphatic rings. The summed E-state index contributed by atoms with van der Waals surface area (Å²) in [7, 11) is 0.417. The Hall–Kier alpha value is -1.70. The fourth-order valence-corrected chi connectivity index (χ4v) is 3.55. The minimum Gasteiger partial charge on any atom is -0.309 e. The van der Waals surface area contributed by atoms with Crippen LogP contribution in [0.25, 0.3) is 0 Å². The van der Waals surface area contributed by atoms with Gasteiger partial charge in [-0.05, 0) is 39.5 Å². The lowest BCUT2D eigenvalue weighted by Gasteiger charge is -2.09. The molecule has 0 saturated carbocycles. The SMILES string of the molecule is Cc1nn(Cc2ccccc2)cc1S(=O)(=O)NCCCN(C)C. The van der Waals surface area contributed by atoms with Crippen molar-refractivity contribution in [3.63, 3.8) is 0 Å². The van der Waals surface area contributed by atoms with E-state index in [1.807, 2.05) is 49.3 Å². The number of hydrogen-bond acceptors (Lipinski definition) is 4. The third-order valence-corrected chi connectivity index (χ3v) is 5.02. The van der Waals surface area contributed by atoms with Gasteiger partial charge in [0.2, 0.25) is 10.0 Å². The highest BCUT2D eigenvalue weighted by atomic mass is 32.2. The van der Waals surface area contributed by atoms with Crippen LogP contribution in [-0.2, 0) is 16.6 Å². The van der Waals surface area contributed by atoms with Crippen LogP contribution in [-0.4, -0.2) is 50.3 Å². The van der Waals surface area contributed by atoms with E-state index in [1.54, 1.807) is 17.8 Å². The molecule has 0 aliphatic carbocycles. The molecule has 1 N–H and O–H groups in total. The molecule has 1 heterocycles. The van der Waals surface area contributed by atoms with Gasteiger partial charge >= 0.3 is 0 Å². The molecule has 1 aromatic heterocycles. The lowest BCUT2D eigenvalue weighted by atomic mass is 10.2. The Kier molecular flexibility index (Phi) is 5.92. The first kappa shape index (κ1) is 17.7. The van der Waals surface area contributed by atoms with Crippen LogP contribution in [0.4, 0.5) is 0 Å². The molecule has 1 aromatic carbocycles. The number of hydrogen-bond donors (Lipinski definition) is 1. The maximum Gasteiger partial charge on any atom is 0.243 e. The van der Waals surface area contributed by atoms with E-state index in [0.29, 0.717) is 18.8 Å². The van der Waals surface area contributed by atoms with Gasteiger partial charge in [-0.3, -0.25) is 4.68 Å². The summed E-state index contributed by atoms with van der Waals surface area (Å²) in [4.78, 5) is 2.27. The zero-order valence-corrected chi connectivity index (χ0v) is 14.7. The molecular weight excluding hydrogens is 312 g/mol. The molecule has 7 heteroatoms. The van der Waals surface area contributed by atoms with Crippen LogP contribution < -0.4 is 4.72 Å². The zero-order valence-electron chi connectivity index (χ0n) is 13.9.